The molecule has 142 valence electrons. The molecular formula is C17H32IN7. The molecule has 1 aliphatic carbocycles. The number of hydrogen-bond acceptors (Lipinski definition) is 4. The molecule has 0 spiro atoms. The standard InChI is InChI=1S/C17H31N7.HI/c1-18-17(19-11-16-20-13-21-23(16)2)22-14-7-6-10-24(12-14)15-8-4-3-5-9-15;/h13-15H,3-12H2,1-2H3,(H2,18,19,22);1H. The molecule has 0 radical (unpaired) electrons. The zero-order valence-corrected chi connectivity index (χ0v) is 17.8. The van der Waals surface area contributed by atoms with Crippen LogP contribution in [0.1, 0.15) is 50.8 Å². The van der Waals surface area contributed by atoms with Gasteiger partial charge < -0.3 is 10.6 Å². The van der Waals surface area contributed by atoms with E-state index in [-0.39, 0.29) is 24.0 Å². The van der Waals surface area contributed by atoms with E-state index in [2.05, 4.69) is 30.6 Å². The number of nitrogens with one attached hydrogen (secondary N) is 2. The SMILES string of the molecule is CN=C(NCc1ncnn1C)NC1CCCN(C2CCCCC2)C1.I. The largest absolute Gasteiger partial charge is 0.352 e. The third-order valence-corrected chi connectivity index (χ3v) is 5.33. The fraction of sp³-hybridized carbons (Fsp3) is 0.824. The van der Waals surface area contributed by atoms with Gasteiger partial charge in [-0.05, 0) is 32.2 Å². The fourth-order valence-corrected chi connectivity index (χ4v) is 3.93. The minimum atomic E-state index is 0. The van der Waals surface area contributed by atoms with Crippen LogP contribution in [0.2, 0.25) is 0 Å². The Bertz CT molecular complexity index is 539. The van der Waals surface area contributed by atoms with Crippen LogP contribution < -0.4 is 10.6 Å². The molecule has 1 aromatic rings. The Kier molecular flexibility index (Phi) is 8.41. The minimum Gasteiger partial charge on any atom is -0.352 e. The van der Waals surface area contributed by atoms with Gasteiger partial charge in [-0.15, -0.1) is 24.0 Å². The first-order valence-electron chi connectivity index (χ1n) is 9.30. The summed E-state index contributed by atoms with van der Waals surface area (Å²) in [6, 6.07) is 1.28. The Morgan fingerprint density at radius 1 is 1.24 bits per heavy atom. The van der Waals surface area contributed by atoms with Crippen molar-refractivity contribution in [2.24, 2.45) is 12.0 Å². The van der Waals surface area contributed by atoms with Crippen molar-refractivity contribution in [1.82, 2.24) is 30.3 Å². The summed E-state index contributed by atoms with van der Waals surface area (Å²) in [4.78, 5) is 11.3. The van der Waals surface area contributed by atoms with Gasteiger partial charge in [0.05, 0.1) is 6.54 Å². The summed E-state index contributed by atoms with van der Waals surface area (Å²) >= 11 is 0. The Morgan fingerprint density at radius 3 is 2.72 bits per heavy atom. The predicted molar refractivity (Wildman–Crippen MR) is 111 cm³/mol. The Labute approximate surface area is 168 Å². The molecule has 3 rings (SSSR count). The van der Waals surface area contributed by atoms with Crippen LogP contribution in [0.3, 0.4) is 0 Å². The maximum absolute atomic E-state index is 4.37. The quantitative estimate of drug-likeness (QED) is 0.407. The van der Waals surface area contributed by atoms with Crippen molar-refractivity contribution in [1.29, 1.82) is 0 Å². The molecule has 8 heteroatoms. The molecule has 2 aliphatic rings. The van der Waals surface area contributed by atoms with Crippen molar-refractivity contribution in [3.63, 3.8) is 0 Å². The first-order chi connectivity index (χ1) is 11.8. The molecule has 0 bridgehead atoms. The summed E-state index contributed by atoms with van der Waals surface area (Å²) in [7, 11) is 3.73. The van der Waals surface area contributed by atoms with Crippen LogP contribution in [-0.2, 0) is 13.6 Å². The lowest BCUT2D eigenvalue weighted by Crippen LogP contribution is -2.53. The fourth-order valence-electron chi connectivity index (χ4n) is 3.93. The van der Waals surface area contributed by atoms with Gasteiger partial charge in [0.15, 0.2) is 5.96 Å². The van der Waals surface area contributed by atoms with Crippen LogP contribution in [0, 0.1) is 0 Å². The van der Waals surface area contributed by atoms with Crippen LogP contribution in [0.4, 0.5) is 0 Å². The van der Waals surface area contributed by atoms with E-state index in [4.69, 9.17) is 0 Å². The van der Waals surface area contributed by atoms with E-state index in [1.54, 1.807) is 11.0 Å². The number of aliphatic imine (C=N–C) groups is 1. The molecule has 7 nitrogen and oxygen atoms in total. The maximum Gasteiger partial charge on any atom is 0.191 e. The van der Waals surface area contributed by atoms with Crippen LogP contribution in [-0.4, -0.2) is 57.8 Å². The third-order valence-electron chi connectivity index (χ3n) is 5.33. The van der Waals surface area contributed by atoms with Crippen molar-refractivity contribution in [3.8, 4) is 0 Å². The third kappa shape index (κ3) is 5.80. The van der Waals surface area contributed by atoms with Crippen molar-refractivity contribution in [3.05, 3.63) is 12.2 Å². The lowest BCUT2D eigenvalue weighted by atomic mass is 9.92. The lowest BCUT2D eigenvalue weighted by Gasteiger charge is -2.40. The molecule has 2 fully saturated rings. The van der Waals surface area contributed by atoms with Crippen LogP contribution in [0.15, 0.2) is 11.3 Å². The summed E-state index contributed by atoms with van der Waals surface area (Å²) in [5, 5.41) is 11.0. The van der Waals surface area contributed by atoms with E-state index in [1.165, 1.54) is 51.5 Å². The van der Waals surface area contributed by atoms with Gasteiger partial charge in [0.2, 0.25) is 0 Å². The molecule has 25 heavy (non-hydrogen) atoms. The van der Waals surface area contributed by atoms with Gasteiger partial charge in [0.25, 0.3) is 0 Å². The van der Waals surface area contributed by atoms with Crippen molar-refractivity contribution in [2.75, 3.05) is 20.1 Å². The van der Waals surface area contributed by atoms with Crippen LogP contribution in [0.25, 0.3) is 0 Å². The monoisotopic (exact) mass is 461 g/mol. The van der Waals surface area contributed by atoms with Gasteiger partial charge in [0.1, 0.15) is 12.2 Å². The second-order valence-corrected chi connectivity index (χ2v) is 7.00. The minimum absolute atomic E-state index is 0. The van der Waals surface area contributed by atoms with E-state index in [0.29, 0.717) is 12.6 Å². The van der Waals surface area contributed by atoms with Crippen LogP contribution >= 0.6 is 24.0 Å². The number of aromatic nitrogens is 3. The number of halogens is 1. The number of aryl methyl sites for hydroxylation is 1. The Hall–Kier alpha value is -0.900. The number of guanidine groups is 1. The second kappa shape index (κ2) is 10.3. The van der Waals surface area contributed by atoms with E-state index in [9.17, 15) is 0 Å². The topological polar surface area (TPSA) is 70.4 Å². The van der Waals surface area contributed by atoms with Crippen molar-refractivity contribution < 1.29 is 0 Å². The highest BCUT2D eigenvalue weighted by molar-refractivity contribution is 14.0. The molecule has 1 aliphatic heterocycles. The number of nitrogens with zero attached hydrogens (tertiary/aromatic N) is 5. The lowest BCUT2D eigenvalue weighted by molar-refractivity contribution is 0.115. The summed E-state index contributed by atoms with van der Waals surface area (Å²) in [6.07, 6.45) is 11.1. The zero-order chi connectivity index (χ0) is 16.8. The van der Waals surface area contributed by atoms with Gasteiger partial charge in [-0.25, -0.2) is 4.98 Å². The average molecular weight is 461 g/mol. The smallest absolute Gasteiger partial charge is 0.191 e. The molecule has 2 N–H and O–H groups in total. The molecule has 0 amide bonds. The van der Waals surface area contributed by atoms with Gasteiger partial charge in [-0.2, -0.15) is 5.10 Å². The summed E-state index contributed by atoms with van der Waals surface area (Å²) in [5.41, 5.74) is 0. The second-order valence-electron chi connectivity index (χ2n) is 7.00. The molecule has 1 aromatic heterocycles. The Morgan fingerprint density at radius 2 is 2.04 bits per heavy atom. The highest BCUT2D eigenvalue weighted by Gasteiger charge is 2.27. The molecule has 1 atom stereocenters. The normalized spacial score (nSPS) is 23.1. The molecule has 1 saturated carbocycles. The van der Waals surface area contributed by atoms with E-state index < -0.39 is 0 Å². The molecule has 1 saturated heterocycles. The number of hydrogen-bond donors (Lipinski definition) is 2. The number of rotatable bonds is 4. The van der Waals surface area contributed by atoms with E-state index in [1.807, 2.05) is 14.1 Å². The van der Waals surface area contributed by atoms with Gasteiger partial charge >= 0.3 is 0 Å². The predicted octanol–water partition coefficient (Wildman–Crippen LogP) is 1.90. The number of piperidine rings is 1. The Balaban J connectivity index is 0.00000225. The maximum atomic E-state index is 4.37. The van der Waals surface area contributed by atoms with Gasteiger partial charge in [0, 0.05) is 32.7 Å². The molecule has 0 aromatic carbocycles. The van der Waals surface area contributed by atoms with Crippen LogP contribution in [0.5, 0.6) is 0 Å². The van der Waals surface area contributed by atoms with E-state index >= 15 is 0 Å². The number of likely N-dealkylation sites (tertiary alicyclic amines) is 1. The van der Waals surface area contributed by atoms with Gasteiger partial charge in [-0.3, -0.25) is 14.6 Å². The highest BCUT2D eigenvalue weighted by atomic mass is 127. The average Bonchev–Trinajstić information content (AvgIpc) is 3.04. The van der Waals surface area contributed by atoms with Crippen molar-refractivity contribution >= 4 is 29.9 Å². The highest BCUT2D eigenvalue weighted by Crippen LogP contribution is 2.25. The molecule has 2 heterocycles. The molecule has 1 unspecified atom stereocenters. The molecular weight excluding hydrogens is 429 g/mol. The first kappa shape index (κ1) is 20.4. The van der Waals surface area contributed by atoms with E-state index in [0.717, 1.165) is 24.4 Å². The van der Waals surface area contributed by atoms with Gasteiger partial charge in [-0.1, -0.05) is 19.3 Å². The van der Waals surface area contributed by atoms with Crippen molar-refractivity contribution in [2.45, 2.75) is 63.6 Å². The summed E-state index contributed by atoms with van der Waals surface area (Å²) in [5.74, 6) is 1.76. The summed E-state index contributed by atoms with van der Waals surface area (Å²) < 4.78 is 1.78. The zero-order valence-electron chi connectivity index (χ0n) is 15.4. The first-order valence-corrected chi connectivity index (χ1v) is 9.30. The summed E-state index contributed by atoms with van der Waals surface area (Å²) in [6.45, 7) is 3.03.